The number of hydrogen-bond donors (Lipinski definition) is 0. The van der Waals surface area contributed by atoms with Crippen LogP contribution in [0.25, 0.3) is 11.4 Å². The van der Waals surface area contributed by atoms with Gasteiger partial charge in [-0.25, -0.2) is 18.4 Å². The summed E-state index contributed by atoms with van der Waals surface area (Å²) in [6.07, 6.45) is 6.06. The summed E-state index contributed by atoms with van der Waals surface area (Å²) in [7, 11) is -3.01. The predicted octanol–water partition coefficient (Wildman–Crippen LogP) is 2.55. The summed E-state index contributed by atoms with van der Waals surface area (Å²) in [5, 5.41) is 0. The van der Waals surface area contributed by atoms with Crippen molar-refractivity contribution in [1.29, 1.82) is 0 Å². The first-order chi connectivity index (χ1) is 11.0. The largest absolute Gasteiger partial charge is 0.352 e. The predicted molar refractivity (Wildman–Crippen MR) is 92.2 cm³/mol. The first-order valence-electron chi connectivity index (χ1n) is 7.86. The molecule has 3 rings (SSSR count). The molecule has 6 heteroatoms. The monoisotopic (exact) mass is 331 g/mol. The fourth-order valence-corrected chi connectivity index (χ4v) is 4.11. The van der Waals surface area contributed by atoms with Gasteiger partial charge in [0.15, 0.2) is 5.82 Å². The van der Waals surface area contributed by atoms with Crippen molar-refractivity contribution >= 4 is 15.7 Å². The number of aromatic nitrogens is 2. The second-order valence-electron chi connectivity index (χ2n) is 6.04. The molecule has 23 heavy (non-hydrogen) atoms. The topological polar surface area (TPSA) is 63.2 Å². The summed E-state index contributed by atoms with van der Waals surface area (Å²) in [5.74, 6) is 1.66. The maximum absolute atomic E-state index is 11.7. The van der Waals surface area contributed by atoms with Crippen molar-refractivity contribution < 1.29 is 8.42 Å². The van der Waals surface area contributed by atoms with Gasteiger partial charge in [-0.2, -0.15) is 0 Å². The molecule has 1 aromatic carbocycles. The van der Waals surface area contributed by atoms with Gasteiger partial charge < -0.3 is 4.90 Å². The van der Waals surface area contributed by atoms with Crippen molar-refractivity contribution in [1.82, 2.24) is 9.97 Å². The lowest BCUT2D eigenvalue weighted by Crippen LogP contribution is -2.44. The molecule has 1 aliphatic heterocycles. The maximum Gasteiger partial charge on any atom is 0.161 e. The zero-order chi connectivity index (χ0) is 16.3. The van der Waals surface area contributed by atoms with Crippen LogP contribution in [0.2, 0.25) is 0 Å². The van der Waals surface area contributed by atoms with Gasteiger partial charge in [0.05, 0.1) is 5.75 Å². The molecule has 1 saturated heterocycles. The van der Waals surface area contributed by atoms with Gasteiger partial charge >= 0.3 is 0 Å². The fraction of sp³-hybridized carbons (Fsp3) is 0.412. The van der Waals surface area contributed by atoms with E-state index in [-0.39, 0.29) is 11.8 Å². The number of hydrogen-bond acceptors (Lipinski definition) is 5. The lowest BCUT2D eigenvalue weighted by molar-refractivity contribution is 0.477. The Hall–Kier alpha value is -1.95. The Kier molecular flexibility index (Phi) is 4.61. The Morgan fingerprint density at radius 2 is 1.96 bits per heavy atom. The summed E-state index contributed by atoms with van der Waals surface area (Å²) in [6.45, 7) is 0.839. The van der Waals surface area contributed by atoms with Crippen LogP contribution in [0.15, 0.2) is 42.6 Å². The molecule has 0 unspecified atom stereocenters. The van der Waals surface area contributed by atoms with Crippen LogP contribution in [0.3, 0.4) is 0 Å². The molecular formula is C17H21N3O2S. The zero-order valence-corrected chi connectivity index (χ0v) is 14.0. The normalized spacial score (nSPS) is 18.8. The molecule has 2 aromatic rings. The minimum absolute atomic E-state index is 0.00252. The van der Waals surface area contributed by atoms with Crippen molar-refractivity contribution in [3.63, 3.8) is 0 Å². The molecule has 0 saturated carbocycles. The Balaban J connectivity index is 1.90. The maximum atomic E-state index is 11.7. The second kappa shape index (κ2) is 6.66. The Bertz CT molecular complexity index is 762. The molecule has 0 radical (unpaired) electrons. The highest BCUT2D eigenvalue weighted by Gasteiger charge is 2.27. The van der Waals surface area contributed by atoms with E-state index in [2.05, 4.69) is 14.9 Å². The molecule has 1 atom stereocenters. The van der Waals surface area contributed by atoms with E-state index >= 15 is 0 Å². The van der Waals surface area contributed by atoms with Gasteiger partial charge in [0.2, 0.25) is 0 Å². The van der Waals surface area contributed by atoms with Gasteiger partial charge in [0.1, 0.15) is 15.7 Å². The van der Waals surface area contributed by atoms with E-state index in [9.17, 15) is 8.42 Å². The summed E-state index contributed by atoms with van der Waals surface area (Å²) in [6, 6.07) is 11.7. The molecule has 0 amide bonds. The molecule has 1 fully saturated rings. The number of nitrogens with zero attached hydrogens (tertiary/aromatic N) is 3. The molecule has 1 aromatic heterocycles. The van der Waals surface area contributed by atoms with Crippen LogP contribution in [-0.4, -0.2) is 43.0 Å². The van der Waals surface area contributed by atoms with Crippen LogP contribution in [-0.2, 0) is 9.84 Å². The Labute approximate surface area is 137 Å². The third-order valence-electron chi connectivity index (χ3n) is 4.09. The van der Waals surface area contributed by atoms with Gasteiger partial charge in [-0.1, -0.05) is 30.3 Å². The third-order valence-corrected chi connectivity index (χ3v) is 5.08. The van der Waals surface area contributed by atoms with Crippen molar-refractivity contribution in [3.05, 3.63) is 42.6 Å². The van der Waals surface area contributed by atoms with Crippen LogP contribution in [0.4, 0.5) is 5.82 Å². The summed E-state index contributed by atoms with van der Waals surface area (Å²) < 4.78 is 23.4. The standard InChI is InChI=1S/C17H21N3O2S/c1-23(21,22)13-15-9-5-6-12-20(15)16-10-11-18-17(19-16)14-7-3-2-4-8-14/h2-4,7-8,10-11,15H,5-6,9,12-13H2,1H3/t15-/m0/s1. The Morgan fingerprint density at radius 3 is 2.70 bits per heavy atom. The molecule has 5 nitrogen and oxygen atoms in total. The van der Waals surface area contributed by atoms with E-state index in [1.165, 1.54) is 6.26 Å². The molecule has 0 spiro atoms. The number of sulfone groups is 1. The molecule has 0 bridgehead atoms. The minimum atomic E-state index is -3.01. The summed E-state index contributed by atoms with van der Waals surface area (Å²) in [5.41, 5.74) is 0.964. The van der Waals surface area contributed by atoms with E-state index in [1.54, 1.807) is 6.20 Å². The lowest BCUT2D eigenvalue weighted by Gasteiger charge is -2.36. The van der Waals surface area contributed by atoms with Gasteiger partial charge in [-0.15, -0.1) is 0 Å². The van der Waals surface area contributed by atoms with E-state index in [0.29, 0.717) is 5.82 Å². The van der Waals surface area contributed by atoms with Gasteiger partial charge in [-0.05, 0) is 25.3 Å². The van der Waals surface area contributed by atoms with Crippen LogP contribution in [0.1, 0.15) is 19.3 Å². The minimum Gasteiger partial charge on any atom is -0.352 e. The zero-order valence-electron chi connectivity index (χ0n) is 13.2. The van der Waals surface area contributed by atoms with Crippen molar-refractivity contribution in [2.45, 2.75) is 25.3 Å². The quantitative estimate of drug-likeness (QED) is 0.861. The van der Waals surface area contributed by atoms with Gasteiger partial charge in [-0.3, -0.25) is 0 Å². The van der Waals surface area contributed by atoms with Crippen molar-refractivity contribution in [3.8, 4) is 11.4 Å². The second-order valence-corrected chi connectivity index (χ2v) is 8.22. The van der Waals surface area contributed by atoms with Crippen molar-refractivity contribution in [2.75, 3.05) is 23.5 Å². The lowest BCUT2D eigenvalue weighted by atomic mass is 10.0. The summed E-state index contributed by atoms with van der Waals surface area (Å²) >= 11 is 0. The highest BCUT2D eigenvalue weighted by molar-refractivity contribution is 7.90. The first-order valence-corrected chi connectivity index (χ1v) is 9.92. The highest BCUT2D eigenvalue weighted by Crippen LogP contribution is 2.25. The average Bonchev–Trinajstić information content (AvgIpc) is 2.55. The third kappa shape index (κ3) is 4.07. The SMILES string of the molecule is CS(=O)(=O)C[C@@H]1CCCCN1c1ccnc(-c2ccccc2)n1. The van der Waals surface area contributed by atoms with Crippen LogP contribution in [0.5, 0.6) is 0 Å². The first kappa shape index (κ1) is 15.9. The number of rotatable bonds is 4. The van der Waals surface area contributed by atoms with Crippen LogP contribution < -0.4 is 4.90 Å². The molecule has 0 N–H and O–H groups in total. The molecule has 122 valence electrons. The van der Waals surface area contributed by atoms with Crippen molar-refractivity contribution in [2.24, 2.45) is 0 Å². The van der Waals surface area contributed by atoms with E-state index in [1.807, 2.05) is 36.4 Å². The molecule has 1 aliphatic rings. The smallest absolute Gasteiger partial charge is 0.161 e. The molecular weight excluding hydrogens is 310 g/mol. The fourth-order valence-electron chi connectivity index (χ4n) is 3.06. The van der Waals surface area contributed by atoms with E-state index < -0.39 is 9.84 Å². The van der Waals surface area contributed by atoms with E-state index in [0.717, 1.165) is 37.2 Å². The molecule has 2 heterocycles. The van der Waals surface area contributed by atoms with Crippen LogP contribution in [0, 0.1) is 0 Å². The highest BCUT2D eigenvalue weighted by atomic mass is 32.2. The Morgan fingerprint density at radius 1 is 1.17 bits per heavy atom. The average molecular weight is 331 g/mol. The number of benzene rings is 1. The number of piperidine rings is 1. The summed E-state index contributed by atoms with van der Waals surface area (Å²) in [4.78, 5) is 11.1. The van der Waals surface area contributed by atoms with Gasteiger partial charge in [0.25, 0.3) is 0 Å². The van der Waals surface area contributed by atoms with Gasteiger partial charge in [0, 0.05) is 30.6 Å². The van der Waals surface area contributed by atoms with E-state index in [4.69, 9.17) is 0 Å². The van der Waals surface area contributed by atoms with Crippen LogP contribution >= 0.6 is 0 Å². The molecule has 0 aliphatic carbocycles. The number of anilines is 1.